The Kier molecular flexibility index (Phi) is 13.7. The number of rotatable bonds is 16. The predicted octanol–water partition coefficient (Wildman–Crippen LogP) is 8.61. The normalized spacial score (nSPS) is 16.3. The molecule has 2 heterocycles. The lowest BCUT2D eigenvalue weighted by Gasteiger charge is -2.36. The van der Waals surface area contributed by atoms with Crippen molar-refractivity contribution in [3.05, 3.63) is 52.0 Å². The number of hydrogen-bond acceptors (Lipinski definition) is 7. The molecule has 10 heteroatoms. The lowest BCUT2D eigenvalue weighted by Crippen LogP contribution is -2.46. The minimum Gasteiger partial charge on any atom is -0.494 e. The molecule has 0 bridgehead atoms. The number of carbonyl (C=O) groups is 2. The summed E-state index contributed by atoms with van der Waals surface area (Å²) in [5.41, 5.74) is 2.84. The van der Waals surface area contributed by atoms with Crippen LogP contribution < -0.4 is 14.5 Å². The third kappa shape index (κ3) is 10.7. The van der Waals surface area contributed by atoms with Gasteiger partial charge in [-0.1, -0.05) is 75.9 Å². The Labute approximate surface area is 285 Å². The second-order valence-electron chi connectivity index (χ2n) is 13.5. The Balaban J connectivity index is 1.17. The van der Waals surface area contributed by atoms with Gasteiger partial charge in [0.1, 0.15) is 5.75 Å². The van der Waals surface area contributed by atoms with E-state index >= 15 is 0 Å². The van der Waals surface area contributed by atoms with Crippen LogP contribution >= 0.6 is 23.2 Å². The molecule has 2 aromatic carbocycles. The number of ether oxygens (including phenoxy) is 3. The van der Waals surface area contributed by atoms with Gasteiger partial charge in [-0.3, -0.25) is 14.6 Å². The first kappa shape index (κ1) is 36.2. The number of anilines is 2. The van der Waals surface area contributed by atoms with E-state index in [-0.39, 0.29) is 18.1 Å². The number of fused-ring (bicyclic) bond motifs is 1. The van der Waals surface area contributed by atoms with Crippen LogP contribution in [0.1, 0.15) is 78.2 Å². The summed E-state index contributed by atoms with van der Waals surface area (Å²) in [7, 11) is 0. The van der Waals surface area contributed by atoms with E-state index in [0.717, 1.165) is 75.3 Å². The number of unbranched alkanes of at least 4 members (excludes halogenated alkanes) is 1. The zero-order valence-electron chi connectivity index (χ0n) is 28.0. The van der Waals surface area contributed by atoms with Gasteiger partial charge in [-0.15, -0.1) is 0 Å². The number of hydrogen-bond donors (Lipinski definition) is 0. The average Bonchev–Trinajstić information content (AvgIpc) is 3.02. The number of carbonyl (C=O) groups excluding carboxylic acids is 2. The van der Waals surface area contributed by atoms with E-state index in [0.29, 0.717) is 47.8 Å². The van der Waals surface area contributed by atoms with Crippen molar-refractivity contribution in [2.24, 2.45) is 11.3 Å². The molecule has 1 amide bonds. The molecule has 1 atom stereocenters. The van der Waals surface area contributed by atoms with Crippen LogP contribution in [0.5, 0.6) is 5.75 Å². The molecular weight excluding hydrogens is 625 g/mol. The maximum absolute atomic E-state index is 12.8. The number of piperazine rings is 1. The van der Waals surface area contributed by atoms with Crippen molar-refractivity contribution in [3.8, 4) is 5.75 Å². The SMILES string of the molecule is CCCC(C)CC(C)(C)CCOC(=O)OCN1C(=O)CCc2ccc(OCCCCN3CCN(c4cccc(Cl)c4Cl)CC3)cc21. The van der Waals surface area contributed by atoms with Crippen LogP contribution in [-0.4, -0.2) is 69.6 Å². The molecule has 46 heavy (non-hydrogen) atoms. The van der Waals surface area contributed by atoms with E-state index in [1.165, 1.54) is 17.7 Å². The first-order valence-corrected chi connectivity index (χ1v) is 17.6. The van der Waals surface area contributed by atoms with Gasteiger partial charge in [-0.25, -0.2) is 4.79 Å². The van der Waals surface area contributed by atoms with Gasteiger partial charge in [-0.05, 0) is 73.7 Å². The molecule has 2 aromatic rings. The molecule has 1 unspecified atom stereocenters. The van der Waals surface area contributed by atoms with Gasteiger partial charge in [0.2, 0.25) is 5.91 Å². The van der Waals surface area contributed by atoms with E-state index < -0.39 is 6.16 Å². The van der Waals surface area contributed by atoms with Gasteiger partial charge in [0.15, 0.2) is 6.73 Å². The summed E-state index contributed by atoms with van der Waals surface area (Å²) in [5.74, 6) is 1.26. The number of nitrogens with zero attached hydrogens (tertiary/aromatic N) is 3. The Bertz CT molecular complexity index is 1300. The summed E-state index contributed by atoms with van der Waals surface area (Å²) in [5, 5.41) is 1.21. The van der Waals surface area contributed by atoms with Crippen LogP contribution in [0, 0.1) is 11.3 Å². The second kappa shape index (κ2) is 17.5. The first-order valence-electron chi connectivity index (χ1n) is 16.8. The zero-order valence-corrected chi connectivity index (χ0v) is 29.5. The Morgan fingerprint density at radius 2 is 1.76 bits per heavy atom. The maximum atomic E-state index is 12.8. The molecule has 0 saturated carbocycles. The van der Waals surface area contributed by atoms with Crippen molar-refractivity contribution >= 4 is 46.6 Å². The average molecular weight is 677 g/mol. The largest absolute Gasteiger partial charge is 0.510 e. The fraction of sp³-hybridized carbons (Fsp3) is 0.611. The molecular formula is C36H51Cl2N3O5. The molecule has 0 aliphatic carbocycles. The predicted molar refractivity (Wildman–Crippen MR) is 186 cm³/mol. The van der Waals surface area contributed by atoms with Crippen molar-refractivity contribution in [2.45, 2.75) is 79.1 Å². The van der Waals surface area contributed by atoms with Crippen molar-refractivity contribution in [2.75, 3.05) is 62.5 Å². The highest BCUT2D eigenvalue weighted by Gasteiger charge is 2.27. The van der Waals surface area contributed by atoms with E-state index in [2.05, 4.69) is 37.5 Å². The highest BCUT2D eigenvalue weighted by atomic mass is 35.5. The highest BCUT2D eigenvalue weighted by Crippen LogP contribution is 2.34. The summed E-state index contributed by atoms with van der Waals surface area (Å²) in [6.07, 6.45) is 6.44. The molecule has 2 aliphatic rings. The summed E-state index contributed by atoms with van der Waals surface area (Å²) in [6, 6.07) is 11.6. The fourth-order valence-corrected chi connectivity index (χ4v) is 6.95. The summed E-state index contributed by atoms with van der Waals surface area (Å²) >= 11 is 12.6. The van der Waals surface area contributed by atoms with Crippen LogP contribution in [0.2, 0.25) is 10.0 Å². The molecule has 1 saturated heterocycles. The van der Waals surface area contributed by atoms with Crippen LogP contribution in [0.4, 0.5) is 16.2 Å². The van der Waals surface area contributed by atoms with Crippen LogP contribution in [-0.2, 0) is 20.7 Å². The third-order valence-corrected chi connectivity index (χ3v) is 9.84. The molecule has 0 N–H and O–H groups in total. The molecule has 0 radical (unpaired) electrons. The maximum Gasteiger partial charge on any atom is 0.510 e. The second-order valence-corrected chi connectivity index (χ2v) is 14.2. The molecule has 0 aromatic heterocycles. The third-order valence-electron chi connectivity index (χ3n) is 9.03. The lowest BCUT2D eigenvalue weighted by atomic mass is 9.79. The number of aryl methyl sites for hydroxylation is 1. The smallest absolute Gasteiger partial charge is 0.494 e. The standard InChI is InChI=1S/C36H51Cl2N3O5/c1-5-9-27(2)25-36(3,4)16-23-45-35(43)46-26-41-32-24-29(14-12-28(32)13-15-33(41)42)44-22-7-6-17-39-18-20-40(21-19-39)31-11-8-10-30(37)34(31)38/h8,10-12,14,24,27H,5-7,9,13,15-23,25-26H2,1-4H3. The van der Waals surface area contributed by atoms with E-state index in [4.69, 9.17) is 37.4 Å². The number of benzene rings is 2. The van der Waals surface area contributed by atoms with Gasteiger partial charge in [0.25, 0.3) is 0 Å². The van der Waals surface area contributed by atoms with Crippen LogP contribution in [0.25, 0.3) is 0 Å². The fourth-order valence-electron chi connectivity index (χ4n) is 6.53. The molecule has 0 spiro atoms. The lowest BCUT2D eigenvalue weighted by molar-refractivity contribution is -0.119. The summed E-state index contributed by atoms with van der Waals surface area (Å²) in [4.78, 5) is 31.5. The molecule has 254 valence electrons. The monoisotopic (exact) mass is 675 g/mol. The number of amides is 1. The molecule has 1 fully saturated rings. The van der Waals surface area contributed by atoms with Gasteiger partial charge in [0.05, 0.1) is 34.6 Å². The Hall–Kier alpha value is -2.68. The minimum atomic E-state index is -0.751. The van der Waals surface area contributed by atoms with Crippen molar-refractivity contribution in [1.82, 2.24) is 4.90 Å². The molecule has 4 rings (SSSR count). The molecule has 8 nitrogen and oxygen atoms in total. The van der Waals surface area contributed by atoms with Crippen molar-refractivity contribution in [1.29, 1.82) is 0 Å². The van der Waals surface area contributed by atoms with Crippen LogP contribution in [0.15, 0.2) is 36.4 Å². The highest BCUT2D eigenvalue weighted by molar-refractivity contribution is 6.43. The first-order chi connectivity index (χ1) is 22.1. The van der Waals surface area contributed by atoms with Gasteiger partial charge in [0, 0.05) is 38.7 Å². The summed E-state index contributed by atoms with van der Waals surface area (Å²) in [6.45, 7) is 14.4. The van der Waals surface area contributed by atoms with E-state index in [9.17, 15) is 9.59 Å². The quantitative estimate of drug-likeness (QED) is 0.130. The van der Waals surface area contributed by atoms with Gasteiger partial charge >= 0.3 is 6.16 Å². The van der Waals surface area contributed by atoms with Gasteiger partial charge < -0.3 is 19.1 Å². The van der Waals surface area contributed by atoms with E-state index in [1.807, 2.05) is 36.4 Å². The molecule has 2 aliphatic heterocycles. The van der Waals surface area contributed by atoms with Gasteiger partial charge in [-0.2, -0.15) is 0 Å². The van der Waals surface area contributed by atoms with Crippen LogP contribution in [0.3, 0.4) is 0 Å². The summed E-state index contributed by atoms with van der Waals surface area (Å²) < 4.78 is 16.8. The Morgan fingerprint density at radius 1 is 0.978 bits per heavy atom. The number of halogens is 2. The Morgan fingerprint density at radius 3 is 2.52 bits per heavy atom. The topological polar surface area (TPSA) is 71.5 Å². The van der Waals surface area contributed by atoms with E-state index in [1.54, 1.807) is 0 Å². The minimum absolute atomic E-state index is 0.0793. The van der Waals surface area contributed by atoms with Crippen molar-refractivity contribution in [3.63, 3.8) is 0 Å². The zero-order chi connectivity index (χ0) is 33.1. The van der Waals surface area contributed by atoms with Crippen molar-refractivity contribution < 1.29 is 23.8 Å².